The minimum atomic E-state index is -3.42. The summed E-state index contributed by atoms with van der Waals surface area (Å²) in [6.45, 7) is 3.57. The highest BCUT2D eigenvalue weighted by Gasteiger charge is 2.33. The molecule has 0 saturated heterocycles. The SMILES string of the molecule is CC(C)(c1cc(-c2cccc(COc3ccc(S(C)(=O)=O)cc3CC=O)c2)c2ncccc2c1)S(C)(=O)=O. The van der Waals surface area contributed by atoms with Crippen molar-refractivity contribution in [2.75, 3.05) is 12.5 Å². The first-order chi connectivity index (χ1) is 17.8. The lowest BCUT2D eigenvalue weighted by atomic mass is 9.93. The Hall–Kier alpha value is -3.56. The van der Waals surface area contributed by atoms with Gasteiger partial charge in [0.25, 0.3) is 0 Å². The quantitative estimate of drug-likeness (QED) is 0.272. The molecule has 0 aliphatic heterocycles. The molecule has 0 fully saturated rings. The number of aldehydes is 1. The molecule has 1 aromatic heterocycles. The molecule has 0 saturated carbocycles. The van der Waals surface area contributed by atoms with Gasteiger partial charge in [0, 0.05) is 41.6 Å². The molecule has 198 valence electrons. The van der Waals surface area contributed by atoms with Crippen molar-refractivity contribution in [2.45, 2.75) is 36.5 Å². The van der Waals surface area contributed by atoms with Gasteiger partial charge in [-0.05, 0) is 73.0 Å². The first kappa shape index (κ1) is 27.5. The summed E-state index contributed by atoms with van der Waals surface area (Å²) < 4.78 is 53.9. The number of aromatic nitrogens is 1. The molecule has 7 nitrogen and oxygen atoms in total. The van der Waals surface area contributed by atoms with Gasteiger partial charge in [0.1, 0.15) is 18.6 Å². The van der Waals surface area contributed by atoms with Gasteiger partial charge >= 0.3 is 0 Å². The van der Waals surface area contributed by atoms with Gasteiger partial charge in [-0.15, -0.1) is 0 Å². The summed E-state index contributed by atoms with van der Waals surface area (Å²) in [5.74, 6) is 0.430. The number of fused-ring (bicyclic) bond motifs is 1. The molecule has 0 amide bonds. The van der Waals surface area contributed by atoms with Gasteiger partial charge in [-0.25, -0.2) is 16.8 Å². The van der Waals surface area contributed by atoms with E-state index in [2.05, 4.69) is 4.98 Å². The van der Waals surface area contributed by atoms with Crippen LogP contribution in [0, 0.1) is 0 Å². The van der Waals surface area contributed by atoms with Gasteiger partial charge in [-0.3, -0.25) is 4.98 Å². The van der Waals surface area contributed by atoms with Gasteiger partial charge in [0.05, 0.1) is 15.2 Å². The Kier molecular flexibility index (Phi) is 7.45. The van der Waals surface area contributed by atoms with E-state index in [0.29, 0.717) is 23.2 Å². The van der Waals surface area contributed by atoms with Crippen molar-refractivity contribution in [3.05, 3.63) is 89.6 Å². The minimum absolute atomic E-state index is 0.0271. The van der Waals surface area contributed by atoms with Crippen LogP contribution in [0.5, 0.6) is 5.75 Å². The van der Waals surface area contributed by atoms with Crippen LogP contribution in [0.2, 0.25) is 0 Å². The second kappa shape index (κ2) is 10.3. The van der Waals surface area contributed by atoms with Crippen molar-refractivity contribution < 1.29 is 26.4 Å². The monoisotopic (exact) mass is 551 g/mol. The van der Waals surface area contributed by atoms with Crippen LogP contribution in [0.15, 0.2) is 77.8 Å². The highest BCUT2D eigenvalue weighted by atomic mass is 32.2. The molecule has 0 bridgehead atoms. The summed E-state index contributed by atoms with van der Waals surface area (Å²) in [5.41, 5.74) is 4.40. The van der Waals surface area contributed by atoms with Crippen LogP contribution in [0.25, 0.3) is 22.0 Å². The number of hydrogen-bond acceptors (Lipinski definition) is 7. The fourth-order valence-corrected chi connectivity index (χ4v) is 5.36. The molecule has 0 aliphatic carbocycles. The number of sulfone groups is 2. The maximum absolute atomic E-state index is 12.6. The van der Waals surface area contributed by atoms with Crippen LogP contribution in [-0.4, -0.2) is 40.6 Å². The van der Waals surface area contributed by atoms with E-state index in [9.17, 15) is 21.6 Å². The van der Waals surface area contributed by atoms with Crippen molar-refractivity contribution in [2.24, 2.45) is 0 Å². The molecule has 4 aromatic rings. The Balaban J connectivity index is 1.72. The Morgan fingerprint density at radius 2 is 1.68 bits per heavy atom. The molecule has 0 radical (unpaired) electrons. The lowest BCUT2D eigenvalue weighted by molar-refractivity contribution is -0.107. The average Bonchev–Trinajstić information content (AvgIpc) is 2.86. The molecule has 9 heteroatoms. The maximum atomic E-state index is 12.6. The Morgan fingerprint density at radius 3 is 2.37 bits per heavy atom. The van der Waals surface area contributed by atoms with Crippen molar-refractivity contribution >= 4 is 36.9 Å². The Morgan fingerprint density at radius 1 is 0.921 bits per heavy atom. The van der Waals surface area contributed by atoms with E-state index in [1.54, 1.807) is 26.1 Å². The first-order valence-corrected chi connectivity index (χ1v) is 15.7. The number of hydrogen-bond donors (Lipinski definition) is 0. The standard InChI is InChI=1S/C29H29NO6S2/c1-29(2,38(4,34)35)24-16-23-9-6-13-30-28(23)26(18-24)21-8-5-7-20(15-21)19-36-27-11-10-25(37(3,32)33)17-22(27)12-14-31/h5-11,13-18H,12,19H2,1-4H3. The highest BCUT2D eigenvalue weighted by Crippen LogP contribution is 2.36. The molecule has 4 rings (SSSR count). The summed E-state index contributed by atoms with van der Waals surface area (Å²) in [6, 6.07) is 19.6. The summed E-state index contributed by atoms with van der Waals surface area (Å²) in [5, 5.41) is 0.836. The fourth-order valence-electron chi connectivity index (χ4n) is 4.14. The molecule has 0 aliphatic rings. The van der Waals surface area contributed by atoms with E-state index in [1.807, 2.05) is 48.5 Å². The third kappa shape index (κ3) is 5.63. The van der Waals surface area contributed by atoms with Gasteiger partial charge in [-0.2, -0.15) is 0 Å². The molecular weight excluding hydrogens is 522 g/mol. The van der Waals surface area contributed by atoms with Crippen molar-refractivity contribution in [1.29, 1.82) is 0 Å². The minimum Gasteiger partial charge on any atom is -0.489 e. The van der Waals surface area contributed by atoms with E-state index < -0.39 is 24.4 Å². The lowest BCUT2D eigenvalue weighted by Gasteiger charge is -2.24. The number of rotatable bonds is 9. The summed E-state index contributed by atoms with van der Waals surface area (Å²) in [6.07, 6.45) is 4.79. The average molecular weight is 552 g/mol. The largest absolute Gasteiger partial charge is 0.489 e. The van der Waals surface area contributed by atoms with E-state index in [4.69, 9.17) is 4.74 Å². The van der Waals surface area contributed by atoms with Crippen LogP contribution in [-0.2, 0) is 42.2 Å². The number of carbonyl (C=O) groups excluding carboxylic acids is 1. The topological polar surface area (TPSA) is 107 Å². The maximum Gasteiger partial charge on any atom is 0.175 e. The highest BCUT2D eigenvalue weighted by molar-refractivity contribution is 7.91. The summed E-state index contributed by atoms with van der Waals surface area (Å²) in [4.78, 5) is 15.9. The molecule has 0 spiro atoms. The zero-order valence-electron chi connectivity index (χ0n) is 21.6. The van der Waals surface area contributed by atoms with Crippen molar-refractivity contribution in [1.82, 2.24) is 4.98 Å². The van der Waals surface area contributed by atoms with Gasteiger partial charge in [0.2, 0.25) is 0 Å². The summed E-state index contributed by atoms with van der Waals surface area (Å²) >= 11 is 0. The van der Waals surface area contributed by atoms with E-state index >= 15 is 0 Å². The molecular formula is C29H29NO6S2. The van der Waals surface area contributed by atoms with Gasteiger partial charge in [-0.1, -0.05) is 24.3 Å². The van der Waals surface area contributed by atoms with E-state index in [-0.39, 0.29) is 17.9 Å². The van der Waals surface area contributed by atoms with E-state index in [1.165, 1.54) is 18.4 Å². The molecule has 0 atom stereocenters. The number of nitrogens with zero attached hydrogens (tertiary/aromatic N) is 1. The van der Waals surface area contributed by atoms with Gasteiger partial charge in [0.15, 0.2) is 19.7 Å². The van der Waals surface area contributed by atoms with Crippen LogP contribution in [0.3, 0.4) is 0 Å². The zero-order chi connectivity index (χ0) is 27.7. The molecule has 1 heterocycles. The second-order valence-electron chi connectivity index (χ2n) is 9.78. The van der Waals surface area contributed by atoms with Crippen LogP contribution < -0.4 is 4.74 Å². The third-order valence-electron chi connectivity index (χ3n) is 6.72. The normalized spacial score (nSPS) is 12.4. The molecule has 0 unspecified atom stereocenters. The smallest absolute Gasteiger partial charge is 0.175 e. The van der Waals surface area contributed by atoms with Crippen LogP contribution in [0.1, 0.15) is 30.5 Å². The summed E-state index contributed by atoms with van der Waals surface area (Å²) in [7, 11) is -6.81. The van der Waals surface area contributed by atoms with Gasteiger partial charge < -0.3 is 9.53 Å². The van der Waals surface area contributed by atoms with Crippen molar-refractivity contribution in [3.63, 3.8) is 0 Å². The van der Waals surface area contributed by atoms with E-state index in [0.717, 1.165) is 33.8 Å². The van der Waals surface area contributed by atoms with Crippen LogP contribution >= 0.6 is 0 Å². The lowest BCUT2D eigenvalue weighted by Crippen LogP contribution is -2.28. The predicted octanol–water partition coefficient (Wildman–Crippen LogP) is 4.91. The number of ether oxygens (including phenoxy) is 1. The number of carbonyl (C=O) groups is 1. The Labute approximate surface area is 223 Å². The fraction of sp³-hybridized carbons (Fsp3) is 0.241. The van der Waals surface area contributed by atoms with Crippen LogP contribution in [0.4, 0.5) is 0 Å². The Bertz CT molecular complexity index is 1740. The van der Waals surface area contributed by atoms with Crippen molar-refractivity contribution in [3.8, 4) is 16.9 Å². The number of pyridine rings is 1. The zero-order valence-corrected chi connectivity index (χ0v) is 23.3. The third-order valence-corrected chi connectivity index (χ3v) is 9.92. The second-order valence-corrected chi connectivity index (χ2v) is 14.4. The number of benzene rings is 3. The molecule has 38 heavy (non-hydrogen) atoms. The molecule has 0 N–H and O–H groups in total. The molecule has 3 aromatic carbocycles. The predicted molar refractivity (Wildman–Crippen MR) is 149 cm³/mol. The first-order valence-electron chi connectivity index (χ1n) is 11.9.